The van der Waals surface area contributed by atoms with Crippen LogP contribution in [0.4, 0.5) is 5.69 Å². The number of amides is 2. The van der Waals surface area contributed by atoms with Gasteiger partial charge in [0.2, 0.25) is 11.8 Å². The number of carbonyl (C=O) groups is 2. The number of nitrogens with zero attached hydrogens (tertiary/aromatic N) is 2. The number of hydrogen-bond acceptors (Lipinski definition) is 6. The molecule has 1 aliphatic carbocycles. The molecule has 0 saturated heterocycles. The maximum atomic E-state index is 14.3. The molecule has 0 aliphatic heterocycles. The van der Waals surface area contributed by atoms with Gasteiger partial charge in [-0.2, -0.15) is 0 Å². The second-order valence-electron chi connectivity index (χ2n) is 10.7. The summed E-state index contributed by atoms with van der Waals surface area (Å²) in [5.41, 5.74) is 0.762. The highest BCUT2D eigenvalue weighted by atomic mass is 35.5. The maximum Gasteiger partial charge on any atom is 0.264 e. The van der Waals surface area contributed by atoms with Crippen LogP contribution in [0.5, 0.6) is 11.5 Å². The van der Waals surface area contributed by atoms with Gasteiger partial charge < -0.3 is 19.7 Å². The normalized spacial score (nSPS) is 14.1. The van der Waals surface area contributed by atoms with Crippen LogP contribution in [0, 0.1) is 0 Å². The number of halogens is 3. The zero-order chi connectivity index (χ0) is 32.7. The Bertz CT molecular complexity index is 1610. The molecule has 4 rings (SSSR count). The van der Waals surface area contributed by atoms with E-state index < -0.39 is 28.5 Å². The lowest BCUT2D eigenvalue weighted by Crippen LogP contribution is -2.53. The van der Waals surface area contributed by atoms with E-state index in [4.69, 9.17) is 44.3 Å². The fourth-order valence-electron chi connectivity index (χ4n) is 5.36. The van der Waals surface area contributed by atoms with Crippen LogP contribution >= 0.6 is 34.8 Å². The fourth-order valence-corrected chi connectivity index (χ4v) is 7.39. The summed E-state index contributed by atoms with van der Waals surface area (Å²) in [6.45, 7) is 1.15. The van der Waals surface area contributed by atoms with Crippen molar-refractivity contribution in [3.05, 3.63) is 81.3 Å². The van der Waals surface area contributed by atoms with Crippen LogP contribution < -0.4 is 19.1 Å². The summed E-state index contributed by atoms with van der Waals surface area (Å²) in [6.07, 6.45) is 4.07. The molecule has 3 aromatic carbocycles. The van der Waals surface area contributed by atoms with E-state index in [0.717, 1.165) is 30.0 Å². The zero-order valence-corrected chi connectivity index (χ0v) is 28.3. The van der Waals surface area contributed by atoms with Crippen molar-refractivity contribution < 1.29 is 27.5 Å². The van der Waals surface area contributed by atoms with Gasteiger partial charge in [0, 0.05) is 33.7 Å². The molecule has 0 aromatic heterocycles. The van der Waals surface area contributed by atoms with Gasteiger partial charge in [-0.25, -0.2) is 8.42 Å². The Morgan fingerprint density at radius 1 is 0.911 bits per heavy atom. The summed E-state index contributed by atoms with van der Waals surface area (Å²) in [4.78, 5) is 29.2. The molecule has 1 aliphatic rings. The van der Waals surface area contributed by atoms with Crippen LogP contribution in [0.15, 0.2) is 65.6 Å². The summed E-state index contributed by atoms with van der Waals surface area (Å²) in [5.74, 6) is -0.359. The van der Waals surface area contributed by atoms with Gasteiger partial charge in [-0.05, 0) is 73.4 Å². The Balaban J connectivity index is 1.76. The van der Waals surface area contributed by atoms with E-state index in [0.29, 0.717) is 32.8 Å². The number of ether oxygens (including phenoxy) is 2. The molecule has 0 radical (unpaired) electrons. The minimum absolute atomic E-state index is 0.0265. The lowest BCUT2D eigenvalue weighted by molar-refractivity contribution is -0.140. The third-order valence-electron chi connectivity index (χ3n) is 7.78. The number of hydrogen-bond donors (Lipinski definition) is 1. The molecule has 2 amide bonds. The summed E-state index contributed by atoms with van der Waals surface area (Å²) in [7, 11) is -1.51. The standard InChI is InChI=1S/C32H36Cl3N3O6S/c1-4-28(32(40)36-24-7-5-6-8-24)37(19-21-9-10-23(34)17-27(21)35)31(39)20-38(25-13-11-22(33)12-14-25)45(41,42)26-15-16-29(43-2)30(18-26)44-3/h9-18,24,28H,4-8,19-20H2,1-3H3,(H,36,40)/t28-/m1/s1. The van der Waals surface area contributed by atoms with Crippen molar-refractivity contribution >= 4 is 62.3 Å². The summed E-state index contributed by atoms with van der Waals surface area (Å²) in [6, 6.07) is 14.3. The van der Waals surface area contributed by atoms with Crippen molar-refractivity contribution in [3.63, 3.8) is 0 Å². The number of nitrogens with one attached hydrogen (secondary N) is 1. The molecule has 0 unspecified atom stereocenters. The summed E-state index contributed by atoms with van der Waals surface area (Å²) < 4.78 is 40.0. The van der Waals surface area contributed by atoms with Crippen LogP contribution in [0.1, 0.15) is 44.6 Å². The highest BCUT2D eigenvalue weighted by molar-refractivity contribution is 7.92. The molecule has 242 valence electrons. The Morgan fingerprint density at radius 3 is 2.16 bits per heavy atom. The molecule has 13 heteroatoms. The lowest BCUT2D eigenvalue weighted by atomic mass is 10.1. The van der Waals surface area contributed by atoms with Crippen molar-refractivity contribution in [3.8, 4) is 11.5 Å². The minimum atomic E-state index is -4.35. The first-order valence-electron chi connectivity index (χ1n) is 14.5. The van der Waals surface area contributed by atoms with Crippen LogP contribution in [0.2, 0.25) is 15.1 Å². The monoisotopic (exact) mass is 695 g/mol. The average Bonchev–Trinajstić information content (AvgIpc) is 3.53. The predicted molar refractivity (Wildman–Crippen MR) is 177 cm³/mol. The Morgan fingerprint density at radius 2 is 1.56 bits per heavy atom. The van der Waals surface area contributed by atoms with Gasteiger partial charge in [0.1, 0.15) is 12.6 Å². The minimum Gasteiger partial charge on any atom is -0.493 e. The molecule has 1 fully saturated rings. The van der Waals surface area contributed by atoms with E-state index in [1.807, 2.05) is 0 Å². The van der Waals surface area contributed by atoms with E-state index in [1.54, 1.807) is 25.1 Å². The van der Waals surface area contributed by atoms with E-state index in [9.17, 15) is 18.0 Å². The fraction of sp³-hybridized carbons (Fsp3) is 0.375. The van der Waals surface area contributed by atoms with Crippen molar-refractivity contribution in [1.82, 2.24) is 10.2 Å². The van der Waals surface area contributed by atoms with E-state index >= 15 is 0 Å². The molecule has 1 saturated carbocycles. The predicted octanol–water partition coefficient (Wildman–Crippen LogP) is 6.73. The quantitative estimate of drug-likeness (QED) is 0.213. The van der Waals surface area contributed by atoms with Crippen LogP contribution in [-0.2, 0) is 26.2 Å². The number of benzene rings is 3. The molecular formula is C32H36Cl3N3O6S. The van der Waals surface area contributed by atoms with Gasteiger partial charge in [0.25, 0.3) is 10.0 Å². The molecule has 0 bridgehead atoms. The van der Waals surface area contributed by atoms with Gasteiger partial charge >= 0.3 is 0 Å². The molecule has 45 heavy (non-hydrogen) atoms. The summed E-state index contributed by atoms with van der Waals surface area (Å²) in [5, 5.41) is 4.21. The van der Waals surface area contributed by atoms with E-state index in [1.165, 1.54) is 61.6 Å². The van der Waals surface area contributed by atoms with Crippen molar-refractivity contribution in [2.75, 3.05) is 25.1 Å². The summed E-state index contributed by atoms with van der Waals surface area (Å²) >= 11 is 18.7. The van der Waals surface area contributed by atoms with Crippen molar-refractivity contribution in [2.24, 2.45) is 0 Å². The van der Waals surface area contributed by atoms with E-state index in [2.05, 4.69) is 5.32 Å². The SMILES string of the molecule is CC[C@H](C(=O)NC1CCCC1)N(Cc1ccc(Cl)cc1Cl)C(=O)CN(c1ccc(Cl)cc1)S(=O)(=O)c1ccc(OC)c(OC)c1. The third kappa shape index (κ3) is 8.35. The van der Waals surface area contributed by atoms with Gasteiger partial charge in [0.15, 0.2) is 11.5 Å². The first kappa shape index (κ1) is 34.7. The molecule has 0 heterocycles. The highest BCUT2D eigenvalue weighted by Crippen LogP contribution is 2.33. The smallest absolute Gasteiger partial charge is 0.264 e. The molecule has 9 nitrogen and oxygen atoms in total. The second-order valence-corrected chi connectivity index (χ2v) is 13.8. The van der Waals surface area contributed by atoms with Gasteiger partial charge in [0.05, 0.1) is 24.8 Å². The van der Waals surface area contributed by atoms with E-state index in [-0.39, 0.29) is 34.8 Å². The second kappa shape index (κ2) is 15.4. The number of methoxy groups -OCH3 is 2. The topological polar surface area (TPSA) is 105 Å². The van der Waals surface area contributed by atoms with Crippen LogP contribution in [-0.4, -0.2) is 58.0 Å². The highest BCUT2D eigenvalue weighted by Gasteiger charge is 2.35. The average molecular weight is 697 g/mol. The molecule has 0 spiro atoms. The lowest BCUT2D eigenvalue weighted by Gasteiger charge is -2.34. The van der Waals surface area contributed by atoms with Crippen molar-refractivity contribution in [1.29, 1.82) is 0 Å². The van der Waals surface area contributed by atoms with Crippen LogP contribution in [0.25, 0.3) is 0 Å². The molecule has 3 aromatic rings. The van der Waals surface area contributed by atoms with Gasteiger partial charge in [-0.1, -0.05) is 60.6 Å². The number of rotatable bonds is 13. The van der Waals surface area contributed by atoms with Crippen LogP contribution in [0.3, 0.4) is 0 Å². The van der Waals surface area contributed by atoms with Crippen molar-refractivity contribution in [2.45, 2.75) is 62.6 Å². The zero-order valence-electron chi connectivity index (χ0n) is 25.3. The maximum absolute atomic E-state index is 14.3. The Kier molecular flexibility index (Phi) is 11.9. The van der Waals surface area contributed by atoms with Gasteiger partial charge in [-0.3, -0.25) is 13.9 Å². The molecule has 1 atom stereocenters. The molecular weight excluding hydrogens is 661 g/mol. The largest absolute Gasteiger partial charge is 0.493 e. The van der Waals surface area contributed by atoms with Gasteiger partial charge in [-0.15, -0.1) is 0 Å². The third-order valence-corrected chi connectivity index (χ3v) is 10.4. The number of carbonyl (C=O) groups excluding carboxylic acids is 2. The first-order valence-corrected chi connectivity index (χ1v) is 17.1. The first-order chi connectivity index (χ1) is 21.5. The Hall–Kier alpha value is -3.18. The number of anilines is 1. The number of sulfonamides is 1. The Labute approximate surface area is 279 Å². The molecule has 1 N–H and O–H groups in total.